The molecule has 142 valence electrons. The van der Waals surface area contributed by atoms with Crippen LogP contribution >= 0.6 is 0 Å². The van der Waals surface area contributed by atoms with E-state index in [2.05, 4.69) is 41.6 Å². The molecule has 2 N–H and O–H groups in total. The molecule has 3 rings (SSSR count). The molecule has 1 aromatic heterocycles. The maximum absolute atomic E-state index is 12.3. The van der Waals surface area contributed by atoms with Gasteiger partial charge in [0.05, 0.1) is 11.9 Å². The zero-order chi connectivity index (χ0) is 20.1. The van der Waals surface area contributed by atoms with Crippen molar-refractivity contribution >= 4 is 28.8 Å². The van der Waals surface area contributed by atoms with Crippen molar-refractivity contribution in [2.24, 2.45) is 0 Å². The summed E-state index contributed by atoms with van der Waals surface area (Å²) in [6.07, 6.45) is 1.63. The summed E-state index contributed by atoms with van der Waals surface area (Å²) in [6, 6.07) is 18.5. The van der Waals surface area contributed by atoms with E-state index in [0.29, 0.717) is 22.9 Å². The van der Waals surface area contributed by atoms with Crippen LogP contribution in [0.15, 0.2) is 66.9 Å². The van der Waals surface area contributed by atoms with Gasteiger partial charge in [0.25, 0.3) is 5.91 Å². The third kappa shape index (κ3) is 4.82. The van der Waals surface area contributed by atoms with Crippen LogP contribution in [0, 0.1) is 0 Å². The Labute approximate surface area is 164 Å². The number of anilines is 3. The highest BCUT2D eigenvalue weighted by Gasteiger charge is 2.08. The number of amides is 1. The second-order valence-electron chi connectivity index (χ2n) is 6.92. The van der Waals surface area contributed by atoms with E-state index in [9.17, 15) is 9.59 Å². The summed E-state index contributed by atoms with van der Waals surface area (Å²) in [6.45, 7) is 5.83. The van der Waals surface area contributed by atoms with E-state index in [1.807, 2.05) is 18.2 Å². The highest BCUT2D eigenvalue weighted by atomic mass is 16.2. The lowest BCUT2D eigenvalue weighted by Gasteiger charge is -2.10. The molecule has 1 amide bonds. The lowest BCUT2D eigenvalue weighted by Crippen LogP contribution is -2.13. The van der Waals surface area contributed by atoms with Crippen LogP contribution in [0.25, 0.3) is 0 Å². The van der Waals surface area contributed by atoms with Gasteiger partial charge in [0, 0.05) is 16.9 Å². The zero-order valence-electron chi connectivity index (χ0n) is 16.2. The van der Waals surface area contributed by atoms with E-state index in [4.69, 9.17) is 0 Å². The molecule has 28 heavy (non-hydrogen) atoms. The highest BCUT2D eigenvalue weighted by Crippen LogP contribution is 2.20. The molecule has 0 bridgehead atoms. The van der Waals surface area contributed by atoms with Gasteiger partial charge in [0.1, 0.15) is 5.69 Å². The van der Waals surface area contributed by atoms with Gasteiger partial charge in [-0.25, -0.2) is 4.98 Å². The monoisotopic (exact) mass is 373 g/mol. The molecule has 5 heteroatoms. The van der Waals surface area contributed by atoms with Crippen LogP contribution in [0.3, 0.4) is 0 Å². The minimum Gasteiger partial charge on any atom is -0.354 e. The Morgan fingerprint density at radius 1 is 0.821 bits per heavy atom. The number of benzene rings is 2. The first-order chi connectivity index (χ1) is 13.4. The van der Waals surface area contributed by atoms with Crippen LogP contribution in [0.1, 0.15) is 53.1 Å². The second kappa shape index (κ2) is 8.48. The number of nitrogens with zero attached hydrogens (tertiary/aromatic N) is 1. The Morgan fingerprint density at radius 2 is 1.43 bits per heavy atom. The van der Waals surface area contributed by atoms with Crippen molar-refractivity contribution in [1.82, 2.24) is 4.98 Å². The van der Waals surface area contributed by atoms with Gasteiger partial charge in [-0.3, -0.25) is 9.59 Å². The minimum absolute atomic E-state index is 0.0125. The number of carbonyl (C=O) groups excluding carboxylic acids is 2. The van der Waals surface area contributed by atoms with Crippen molar-refractivity contribution in [1.29, 1.82) is 0 Å². The van der Waals surface area contributed by atoms with E-state index in [-0.39, 0.29) is 11.7 Å². The third-order valence-corrected chi connectivity index (χ3v) is 4.41. The van der Waals surface area contributed by atoms with Crippen LogP contribution in [0.5, 0.6) is 0 Å². The molecule has 3 aromatic rings. The number of Topliss-reactive ketones (excluding diaryl/α,β-unsaturated/α-hetero) is 1. The molecule has 2 aromatic carbocycles. The lowest BCUT2D eigenvalue weighted by molar-refractivity contribution is 0.101. The average Bonchev–Trinajstić information content (AvgIpc) is 2.69. The van der Waals surface area contributed by atoms with Gasteiger partial charge in [-0.2, -0.15) is 0 Å². The van der Waals surface area contributed by atoms with E-state index < -0.39 is 0 Å². The maximum Gasteiger partial charge on any atom is 0.274 e. The Kier molecular flexibility index (Phi) is 5.84. The van der Waals surface area contributed by atoms with Gasteiger partial charge >= 0.3 is 0 Å². The normalized spacial score (nSPS) is 10.6. The summed E-state index contributed by atoms with van der Waals surface area (Å²) < 4.78 is 0. The van der Waals surface area contributed by atoms with Crippen LogP contribution < -0.4 is 10.6 Å². The molecule has 0 saturated heterocycles. The predicted octanol–water partition coefficient (Wildman–Crippen LogP) is 5.40. The van der Waals surface area contributed by atoms with E-state index in [1.165, 1.54) is 12.5 Å². The van der Waals surface area contributed by atoms with E-state index >= 15 is 0 Å². The second-order valence-corrected chi connectivity index (χ2v) is 6.92. The van der Waals surface area contributed by atoms with E-state index in [1.54, 1.807) is 36.5 Å². The van der Waals surface area contributed by atoms with Crippen LogP contribution in [0.2, 0.25) is 0 Å². The summed E-state index contributed by atoms with van der Waals surface area (Å²) in [5, 5.41) is 6.05. The number of nitrogens with one attached hydrogen (secondary N) is 2. The molecule has 1 heterocycles. The highest BCUT2D eigenvalue weighted by molar-refractivity contribution is 6.03. The molecule has 0 saturated carbocycles. The van der Waals surface area contributed by atoms with Crippen molar-refractivity contribution < 1.29 is 9.59 Å². The van der Waals surface area contributed by atoms with Gasteiger partial charge in [-0.15, -0.1) is 0 Å². The Hall–Kier alpha value is -3.47. The van der Waals surface area contributed by atoms with Crippen LogP contribution in [0.4, 0.5) is 17.1 Å². The fourth-order valence-corrected chi connectivity index (χ4v) is 2.70. The molecule has 0 fully saturated rings. The molecule has 0 aliphatic heterocycles. The zero-order valence-corrected chi connectivity index (χ0v) is 16.2. The van der Waals surface area contributed by atoms with Gasteiger partial charge in [0.15, 0.2) is 5.78 Å². The Morgan fingerprint density at radius 3 is 1.96 bits per heavy atom. The fourth-order valence-electron chi connectivity index (χ4n) is 2.70. The largest absolute Gasteiger partial charge is 0.354 e. The molecular weight excluding hydrogens is 350 g/mol. The molecule has 5 nitrogen and oxygen atoms in total. The van der Waals surface area contributed by atoms with E-state index in [0.717, 1.165) is 11.4 Å². The maximum atomic E-state index is 12.3. The summed E-state index contributed by atoms with van der Waals surface area (Å²) in [4.78, 5) is 27.9. The molecule has 0 atom stereocenters. The molecule has 0 radical (unpaired) electrons. The van der Waals surface area contributed by atoms with Crippen molar-refractivity contribution in [3.8, 4) is 0 Å². The van der Waals surface area contributed by atoms with Crippen molar-refractivity contribution in [3.63, 3.8) is 0 Å². The van der Waals surface area contributed by atoms with Crippen molar-refractivity contribution in [2.75, 3.05) is 10.6 Å². The summed E-state index contributed by atoms with van der Waals surface area (Å²) >= 11 is 0. The van der Waals surface area contributed by atoms with Gasteiger partial charge in [-0.1, -0.05) is 26.0 Å². The molecule has 0 aliphatic rings. The number of hydrogen-bond acceptors (Lipinski definition) is 4. The average molecular weight is 373 g/mol. The number of hydrogen-bond donors (Lipinski definition) is 2. The smallest absolute Gasteiger partial charge is 0.274 e. The first kappa shape index (κ1) is 19.3. The molecule has 0 aliphatic carbocycles. The first-order valence-corrected chi connectivity index (χ1v) is 9.18. The minimum atomic E-state index is -0.302. The van der Waals surface area contributed by atoms with Gasteiger partial charge in [-0.05, 0) is 66.9 Å². The SMILES string of the molecule is CC(=O)c1ccc(NC(=O)c2ccc(Nc3ccc(C(C)C)cc3)cn2)cc1. The Bertz CT molecular complexity index is 960. The van der Waals surface area contributed by atoms with Gasteiger partial charge in [0.2, 0.25) is 0 Å². The van der Waals surface area contributed by atoms with Crippen molar-refractivity contribution in [3.05, 3.63) is 83.7 Å². The molecule has 0 unspecified atom stereocenters. The van der Waals surface area contributed by atoms with Gasteiger partial charge < -0.3 is 10.6 Å². The Balaban J connectivity index is 1.63. The standard InChI is InChI=1S/C23H23N3O2/c1-15(2)17-4-8-19(9-5-17)25-21-12-13-22(24-14-21)23(28)26-20-10-6-18(7-11-20)16(3)27/h4-15,25H,1-3H3,(H,26,28). The molecular formula is C23H23N3O2. The fraction of sp³-hybridized carbons (Fsp3) is 0.174. The van der Waals surface area contributed by atoms with Crippen molar-refractivity contribution in [2.45, 2.75) is 26.7 Å². The summed E-state index contributed by atoms with van der Waals surface area (Å²) in [5.74, 6) is 0.178. The van der Waals surface area contributed by atoms with Crippen LogP contribution in [-0.2, 0) is 0 Å². The number of pyridine rings is 1. The number of carbonyl (C=O) groups is 2. The number of aromatic nitrogens is 1. The predicted molar refractivity (Wildman–Crippen MR) is 112 cm³/mol. The number of rotatable bonds is 6. The molecule has 0 spiro atoms. The third-order valence-electron chi connectivity index (χ3n) is 4.41. The summed E-state index contributed by atoms with van der Waals surface area (Å²) in [7, 11) is 0. The quantitative estimate of drug-likeness (QED) is 0.567. The number of ketones is 1. The topological polar surface area (TPSA) is 71.1 Å². The van der Waals surface area contributed by atoms with Crippen LogP contribution in [-0.4, -0.2) is 16.7 Å². The first-order valence-electron chi connectivity index (χ1n) is 9.18. The summed E-state index contributed by atoms with van der Waals surface area (Å²) in [5.41, 5.74) is 4.59. The lowest BCUT2D eigenvalue weighted by atomic mass is 10.0.